The van der Waals surface area contributed by atoms with Crippen LogP contribution in [-0.2, 0) is 81.0 Å². The Morgan fingerprint density at radius 1 is 0.487 bits per heavy atom. The van der Waals surface area contributed by atoms with Gasteiger partial charge in [0.15, 0.2) is 5.78 Å². The molecule has 0 atom stereocenters. The zero-order valence-electron chi connectivity index (χ0n) is 44.2. The van der Waals surface area contributed by atoms with Crippen molar-refractivity contribution in [3.05, 3.63) is 113 Å². The largest absolute Gasteiger partial charge is 0.465 e. The fraction of sp³-hybridized carbons (Fsp3) is 0.509. The molecular weight excluding hydrogens is 989 g/mol. The molecule has 0 aromatic heterocycles. The number of esters is 8. The van der Waals surface area contributed by atoms with Crippen LogP contribution in [-0.4, -0.2) is 198 Å². The van der Waals surface area contributed by atoms with Crippen LogP contribution < -0.4 is 0 Å². The highest BCUT2D eigenvalue weighted by Crippen LogP contribution is 2.36. The monoisotopic (exact) mass is 1060 g/mol. The summed E-state index contributed by atoms with van der Waals surface area (Å²) in [5.41, 5.74) is -3.18. The average molecular weight is 1070 g/mol. The van der Waals surface area contributed by atoms with Crippen molar-refractivity contribution in [1.82, 2.24) is 19.6 Å². The SMILES string of the molecule is C=CC(=O)OCC(COC(=O)C=C)(COC(=O)C=C)COC(=O)CCN(C)CCN(C)C1(C(=O)C(C=C)=CC=CN2CCN(CCC(=O)OCC(COC(=O)C=C)(COC(=O)C=C)COC(=O)C=C)CC2)CCCCC1. The third kappa shape index (κ3) is 23.1. The van der Waals surface area contributed by atoms with E-state index in [1.165, 1.54) is 0 Å². The average Bonchev–Trinajstić information content (AvgIpc) is 3.45. The van der Waals surface area contributed by atoms with Crippen molar-refractivity contribution in [1.29, 1.82) is 0 Å². The van der Waals surface area contributed by atoms with Gasteiger partial charge in [-0.1, -0.05) is 71.4 Å². The van der Waals surface area contributed by atoms with Crippen molar-refractivity contribution in [2.45, 2.75) is 50.5 Å². The van der Waals surface area contributed by atoms with E-state index < -0.39 is 117 Å². The van der Waals surface area contributed by atoms with Crippen molar-refractivity contribution >= 4 is 53.5 Å². The Balaban J connectivity index is 2.01. The Labute approximate surface area is 446 Å². The van der Waals surface area contributed by atoms with Crippen LogP contribution in [0.15, 0.2) is 113 Å². The van der Waals surface area contributed by atoms with Gasteiger partial charge >= 0.3 is 47.8 Å². The van der Waals surface area contributed by atoms with Crippen LogP contribution in [0.1, 0.15) is 44.9 Å². The number of likely N-dealkylation sites (N-methyl/N-ethyl adjacent to an activating group) is 2. The van der Waals surface area contributed by atoms with E-state index in [0.29, 0.717) is 70.8 Å². The summed E-state index contributed by atoms with van der Waals surface area (Å²) in [4.78, 5) is 120. The molecule has 1 heterocycles. The number of allylic oxidation sites excluding steroid dienone is 3. The Morgan fingerprint density at radius 3 is 1.25 bits per heavy atom. The lowest BCUT2D eigenvalue weighted by molar-refractivity contribution is -0.169. The van der Waals surface area contributed by atoms with Crippen molar-refractivity contribution in [2.75, 3.05) is 119 Å². The predicted octanol–water partition coefficient (Wildman–Crippen LogP) is 3.58. The lowest BCUT2D eigenvalue weighted by Crippen LogP contribution is -2.56. The van der Waals surface area contributed by atoms with E-state index >= 15 is 0 Å². The number of carbonyl (C=O) groups excluding carboxylic acids is 9. The van der Waals surface area contributed by atoms with Gasteiger partial charge in [0, 0.05) is 94.4 Å². The van der Waals surface area contributed by atoms with E-state index in [4.69, 9.17) is 37.9 Å². The summed E-state index contributed by atoms with van der Waals surface area (Å²) in [6.07, 6.45) is 16.8. The molecule has 0 N–H and O–H groups in total. The summed E-state index contributed by atoms with van der Waals surface area (Å²) in [6.45, 7) is 24.9. The van der Waals surface area contributed by atoms with E-state index in [1.807, 2.05) is 31.3 Å². The summed E-state index contributed by atoms with van der Waals surface area (Å²) in [7, 11) is 3.78. The third-order valence-electron chi connectivity index (χ3n) is 12.6. The standard InChI is InChI=1S/C55H76N4O17/c1-10-43(21-20-26-58-31-33-59(34-32-58)28-23-51(67)76-42-54(38-72-47(63)14-5,39-73-48(64)15-6)40-74-49(65)16-7)52(68)55(24-18-17-19-25-55)57(9)30-29-56(8)27-22-50(66)75-41-53(35-69-44(60)11-2,36-70-45(61)12-3)37-71-46(62)13-4/h10-16,20-21,26H,1-7,17-19,22-25,27-42H2,8-9H3. The number of ketones is 1. The zero-order valence-corrected chi connectivity index (χ0v) is 44.2. The van der Waals surface area contributed by atoms with Crippen LogP contribution in [0, 0.1) is 10.8 Å². The molecule has 0 unspecified atom stereocenters. The van der Waals surface area contributed by atoms with Gasteiger partial charge in [-0.3, -0.25) is 24.2 Å². The van der Waals surface area contributed by atoms with Crippen molar-refractivity contribution in [2.24, 2.45) is 10.8 Å². The fourth-order valence-corrected chi connectivity index (χ4v) is 7.82. The van der Waals surface area contributed by atoms with Gasteiger partial charge in [-0.15, -0.1) is 0 Å². The van der Waals surface area contributed by atoms with Gasteiger partial charge in [-0.25, -0.2) is 28.8 Å². The third-order valence-corrected chi connectivity index (χ3v) is 12.6. The van der Waals surface area contributed by atoms with Gasteiger partial charge in [0.25, 0.3) is 0 Å². The second-order valence-electron chi connectivity index (χ2n) is 18.4. The number of Topliss-reactive ketones (excluding diaryl/α,β-unsaturated/α-hetero) is 1. The summed E-state index contributed by atoms with van der Waals surface area (Å²) in [6, 6.07) is 0. The molecule has 76 heavy (non-hydrogen) atoms. The summed E-state index contributed by atoms with van der Waals surface area (Å²) < 4.78 is 42.3. The van der Waals surface area contributed by atoms with Crippen LogP contribution >= 0.6 is 0 Å². The van der Waals surface area contributed by atoms with Crippen LogP contribution in [0.5, 0.6) is 0 Å². The topological polar surface area (TPSA) is 240 Å². The first-order chi connectivity index (χ1) is 36.3. The molecule has 1 saturated carbocycles. The first-order valence-electron chi connectivity index (χ1n) is 24.8. The van der Waals surface area contributed by atoms with E-state index in [2.05, 4.69) is 60.8 Å². The molecular formula is C55H76N4O17. The van der Waals surface area contributed by atoms with Gasteiger partial charge < -0.3 is 47.7 Å². The van der Waals surface area contributed by atoms with E-state index in [0.717, 1.165) is 55.7 Å². The van der Waals surface area contributed by atoms with E-state index in [1.54, 1.807) is 12.2 Å². The minimum absolute atomic E-state index is 0.0179. The molecule has 0 spiro atoms. The highest BCUT2D eigenvalue weighted by Gasteiger charge is 2.44. The van der Waals surface area contributed by atoms with Crippen LogP contribution in [0.2, 0.25) is 0 Å². The molecule has 0 bridgehead atoms. The van der Waals surface area contributed by atoms with E-state index in [-0.39, 0.29) is 18.6 Å². The Bertz CT molecular complexity index is 2030. The van der Waals surface area contributed by atoms with Gasteiger partial charge in [0.2, 0.25) is 0 Å². The molecule has 21 nitrogen and oxygen atoms in total. The van der Waals surface area contributed by atoms with Crippen molar-refractivity contribution < 1.29 is 81.0 Å². The first kappa shape index (κ1) is 64.9. The number of carbonyl (C=O) groups is 9. The number of nitrogens with zero attached hydrogens (tertiary/aromatic N) is 4. The maximum Gasteiger partial charge on any atom is 0.330 e. The van der Waals surface area contributed by atoms with Crippen molar-refractivity contribution in [3.8, 4) is 0 Å². The molecule has 0 aromatic carbocycles. The summed E-state index contributed by atoms with van der Waals surface area (Å²) in [5.74, 6) is -5.97. The number of hydrogen-bond acceptors (Lipinski definition) is 21. The molecule has 1 aliphatic heterocycles. The molecule has 2 fully saturated rings. The summed E-state index contributed by atoms with van der Waals surface area (Å²) in [5, 5.41) is 0. The van der Waals surface area contributed by atoms with Gasteiger partial charge in [0.05, 0.1) is 18.4 Å². The van der Waals surface area contributed by atoms with E-state index in [9.17, 15) is 43.2 Å². The molecule has 21 heteroatoms. The number of piperazine rings is 1. The van der Waals surface area contributed by atoms with Crippen LogP contribution in [0.25, 0.3) is 0 Å². The molecule has 0 radical (unpaired) electrons. The molecule has 2 aliphatic rings. The highest BCUT2D eigenvalue weighted by molar-refractivity contribution is 6.05. The lowest BCUT2D eigenvalue weighted by Gasteiger charge is -2.44. The summed E-state index contributed by atoms with van der Waals surface area (Å²) >= 11 is 0. The quantitative estimate of drug-likeness (QED) is 0.0374. The first-order valence-corrected chi connectivity index (χ1v) is 24.8. The Kier molecular flexibility index (Phi) is 29.3. The smallest absolute Gasteiger partial charge is 0.330 e. The van der Waals surface area contributed by atoms with Crippen molar-refractivity contribution in [3.63, 3.8) is 0 Å². The highest BCUT2D eigenvalue weighted by atomic mass is 16.6. The molecule has 418 valence electrons. The lowest BCUT2D eigenvalue weighted by atomic mass is 9.75. The number of rotatable bonds is 37. The van der Waals surface area contributed by atoms with Gasteiger partial charge in [-0.05, 0) is 45.3 Å². The molecule has 1 aliphatic carbocycles. The molecule has 2 rings (SSSR count). The minimum atomic E-state index is -1.46. The molecule has 1 saturated heterocycles. The second-order valence-corrected chi connectivity index (χ2v) is 18.4. The van der Waals surface area contributed by atoms with Crippen LogP contribution in [0.4, 0.5) is 0 Å². The van der Waals surface area contributed by atoms with Gasteiger partial charge in [-0.2, -0.15) is 0 Å². The van der Waals surface area contributed by atoms with Gasteiger partial charge in [0.1, 0.15) is 63.7 Å². The maximum absolute atomic E-state index is 14.5. The Morgan fingerprint density at radius 2 is 0.868 bits per heavy atom. The van der Waals surface area contributed by atoms with Crippen LogP contribution in [0.3, 0.4) is 0 Å². The maximum atomic E-state index is 14.5. The normalized spacial score (nSPS) is 14.8. The Hall–Kier alpha value is -7.23. The molecule has 0 amide bonds. The second kappa shape index (κ2) is 34.4. The number of hydrogen-bond donors (Lipinski definition) is 0. The zero-order chi connectivity index (χ0) is 56.6. The molecule has 0 aromatic rings. The predicted molar refractivity (Wildman–Crippen MR) is 279 cm³/mol. The number of ether oxygens (including phenoxy) is 8. The minimum Gasteiger partial charge on any atom is -0.465 e. The fourth-order valence-electron chi connectivity index (χ4n) is 7.82.